The quantitative estimate of drug-likeness (QED) is 0.167. The molecule has 0 spiro atoms. The molecule has 52 heavy (non-hydrogen) atoms. The molecule has 7 rings (SSSR count). The number of imide groups is 1. The van der Waals surface area contributed by atoms with Crippen molar-refractivity contribution in [1.82, 2.24) is 30.1 Å². The number of rotatable bonds is 10. The van der Waals surface area contributed by atoms with Gasteiger partial charge in [0.05, 0.1) is 5.69 Å². The summed E-state index contributed by atoms with van der Waals surface area (Å²) in [4.78, 5) is 55.8. The van der Waals surface area contributed by atoms with E-state index in [9.17, 15) is 14.4 Å². The third-order valence-electron chi connectivity index (χ3n) is 9.24. The first kappa shape index (κ1) is 34.4. The summed E-state index contributed by atoms with van der Waals surface area (Å²) in [5.41, 5.74) is 6.70. The van der Waals surface area contributed by atoms with Crippen LogP contribution in [0.1, 0.15) is 33.5 Å². The molecule has 13 heteroatoms. The molecular formula is C39H38FN9O3. The number of nitrogens with zero attached hydrogens (tertiary/aromatic N) is 6. The number of nitrogens with one attached hydrogen (secondary N) is 3. The number of pyridine rings is 1. The molecule has 0 atom stereocenters. The van der Waals surface area contributed by atoms with E-state index in [1.165, 1.54) is 11.0 Å². The average Bonchev–Trinajstić information content (AvgIpc) is 3.15. The molecule has 2 aliphatic rings. The lowest BCUT2D eigenvalue weighted by molar-refractivity contribution is -0.120. The number of urea groups is 1. The van der Waals surface area contributed by atoms with Gasteiger partial charge in [0.15, 0.2) is 0 Å². The fourth-order valence-corrected chi connectivity index (χ4v) is 6.26. The van der Waals surface area contributed by atoms with E-state index in [2.05, 4.69) is 40.7 Å². The molecule has 0 unspecified atom stereocenters. The molecule has 2 fully saturated rings. The van der Waals surface area contributed by atoms with E-state index >= 15 is 4.39 Å². The van der Waals surface area contributed by atoms with Crippen LogP contribution in [0.4, 0.5) is 32.2 Å². The summed E-state index contributed by atoms with van der Waals surface area (Å²) in [6.07, 6.45) is 5.35. The fourth-order valence-electron chi connectivity index (χ4n) is 6.26. The Kier molecular flexibility index (Phi) is 10.2. The number of hydrogen-bond donors (Lipinski definition) is 3. The molecule has 0 bridgehead atoms. The second-order valence-corrected chi connectivity index (χ2v) is 12.9. The van der Waals surface area contributed by atoms with Crippen LogP contribution in [0.3, 0.4) is 0 Å². The molecule has 2 aromatic heterocycles. The third-order valence-corrected chi connectivity index (χ3v) is 9.24. The molecule has 2 aliphatic heterocycles. The summed E-state index contributed by atoms with van der Waals surface area (Å²) < 4.78 is 15.0. The number of aromatic nitrogens is 3. The monoisotopic (exact) mass is 699 g/mol. The SMILES string of the molecule is Cc1ccc(NC(=O)c2ccc(CN3CCN(Cc4ccc(N5CCC(=O)NC5=O)cc4F)CC3)cc2)cc1Nc1nccc(-c2cccnc2)n1. The average molecular weight is 700 g/mol. The fraction of sp³-hybridized carbons (Fsp3) is 0.231. The summed E-state index contributed by atoms with van der Waals surface area (Å²) in [6.45, 7) is 6.65. The first-order valence-corrected chi connectivity index (χ1v) is 17.1. The van der Waals surface area contributed by atoms with Crippen molar-refractivity contribution in [3.8, 4) is 11.3 Å². The summed E-state index contributed by atoms with van der Waals surface area (Å²) in [7, 11) is 0. The highest BCUT2D eigenvalue weighted by Gasteiger charge is 2.25. The molecule has 0 radical (unpaired) electrons. The zero-order valence-electron chi connectivity index (χ0n) is 28.7. The van der Waals surface area contributed by atoms with Crippen molar-refractivity contribution in [1.29, 1.82) is 0 Å². The highest BCUT2D eigenvalue weighted by atomic mass is 19.1. The highest BCUT2D eigenvalue weighted by molar-refractivity contribution is 6.06. The Morgan fingerprint density at radius 3 is 2.40 bits per heavy atom. The molecule has 4 amide bonds. The number of halogens is 1. The zero-order valence-corrected chi connectivity index (χ0v) is 28.7. The Balaban J connectivity index is 0.894. The normalized spacial score (nSPS) is 15.3. The summed E-state index contributed by atoms with van der Waals surface area (Å²) in [5, 5.41) is 8.54. The van der Waals surface area contributed by atoms with E-state index in [1.54, 1.807) is 30.7 Å². The van der Waals surface area contributed by atoms with Crippen LogP contribution in [0.5, 0.6) is 0 Å². The highest BCUT2D eigenvalue weighted by Crippen LogP contribution is 2.26. The van der Waals surface area contributed by atoms with Crippen molar-refractivity contribution in [2.45, 2.75) is 26.4 Å². The number of aryl methyl sites for hydroxylation is 1. The smallest absolute Gasteiger partial charge is 0.324 e. The second kappa shape index (κ2) is 15.5. The van der Waals surface area contributed by atoms with E-state index in [4.69, 9.17) is 0 Å². The van der Waals surface area contributed by atoms with E-state index < -0.39 is 6.03 Å². The van der Waals surface area contributed by atoms with Crippen LogP contribution in [0, 0.1) is 12.7 Å². The molecular weight excluding hydrogens is 661 g/mol. The number of carbonyl (C=O) groups is 3. The predicted octanol–water partition coefficient (Wildman–Crippen LogP) is 5.75. The van der Waals surface area contributed by atoms with Gasteiger partial charge < -0.3 is 10.6 Å². The minimum Gasteiger partial charge on any atom is -0.324 e. The molecule has 3 aromatic carbocycles. The lowest BCUT2D eigenvalue weighted by Gasteiger charge is -2.35. The van der Waals surface area contributed by atoms with Crippen molar-refractivity contribution >= 4 is 40.9 Å². The number of piperazine rings is 1. The van der Waals surface area contributed by atoms with Gasteiger partial charge in [-0.15, -0.1) is 0 Å². The van der Waals surface area contributed by atoms with Crippen molar-refractivity contribution in [3.63, 3.8) is 0 Å². The zero-order chi connectivity index (χ0) is 36.0. The van der Waals surface area contributed by atoms with Gasteiger partial charge in [-0.3, -0.25) is 34.6 Å². The largest absolute Gasteiger partial charge is 0.328 e. The van der Waals surface area contributed by atoms with E-state index in [0.717, 1.165) is 60.8 Å². The van der Waals surface area contributed by atoms with Crippen LogP contribution in [0.2, 0.25) is 0 Å². The molecule has 0 aliphatic carbocycles. The molecule has 3 N–H and O–H groups in total. The molecule has 264 valence electrons. The maximum absolute atomic E-state index is 15.0. The minimum atomic E-state index is -0.529. The maximum Gasteiger partial charge on any atom is 0.328 e. The Morgan fingerprint density at radius 2 is 1.67 bits per heavy atom. The van der Waals surface area contributed by atoms with Gasteiger partial charge in [0, 0.05) is 105 Å². The standard InChI is InChI=1S/C39H38FN9O3/c1-26-4-10-31(21-35(26)45-38-42-15-12-34(44-38)29-3-2-14-41-23-29)43-37(51)28-7-5-27(6-8-28)24-47-17-19-48(20-18-47)25-30-9-11-32(22-33(30)40)49-16-13-36(50)46-39(49)52/h2-12,14-15,21-23H,13,16-20,24-25H2,1H3,(H,43,51)(H,42,44,45)(H,46,50,52). The van der Waals surface area contributed by atoms with Gasteiger partial charge >= 0.3 is 6.03 Å². The van der Waals surface area contributed by atoms with Crippen LogP contribution in [0.15, 0.2) is 97.5 Å². The van der Waals surface area contributed by atoms with Gasteiger partial charge in [-0.05, 0) is 72.6 Å². The Morgan fingerprint density at radius 1 is 0.885 bits per heavy atom. The van der Waals surface area contributed by atoms with Crippen LogP contribution < -0.4 is 20.9 Å². The summed E-state index contributed by atoms with van der Waals surface area (Å²) in [6, 6.07) is 23.2. The van der Waals surface area contributed by atoms with E-state index in [-0.39, 0.29) is 30.6 Å². The lowest BCUT2D eigenvalue weighted by Crippen LogP contribution is -2.49. The maximum atomic E-state index is 15.0. The Hall–Kier alpha value is -6.05. The summed E-state index contributed by atoms with van der Waals surface area (Å²) >= 11 is 0. The van der Waals surface area contributed by atoms with Gasteiger partial charge in [-0.2, -0.15) is 0 Å². The Labute approximate surface area is 300 Å². The number of benzene rings is 3. The van der Waals surface area contributed by atoms with Gasteiger partial charge in [-0.1, -0.05) is 24.3 Å². The van der Waals surface area contributed by atoms with Gasteiger partial charge in [-0.25, -0.2) is 19.2 Å². The van der Waals surface area contributed by atoms with Crippen LogP contribution >= 0.6 is 0 Å². The topological polar surface area (TPSA) is 136 Å². The number of carbonyl (C=O) groups excluding carboxylic acids is 3. The summed E-state index contributed by atoms with van der Waals surface area (Å²) in [5.74, 6) is -0.461. The molecule has 0 saturated carbocycles. The minimum absolute atomic E-state index is 0.189. The third kappa shape index (κ3) is 8.28. The first-order chi connectivity index (χ1) is 25.3. The lowest BCUT2D eigenvalue weighted by atomic mass is 10.1. The number of hydrogen-bond acceptors (Lipinski definition) is 9. The van der Waals surface area contributed by atoms with Crippen LogP contribution in [-0.2, 0) is 17.9 Å². The molecule has 5 aromatic rings. The van der Waals surface area contributed by atoms with Crippen molar-refractivity contribution in [2.24, 2.45) is 0 Å². The van der Waals surface area contributed by atoms with Gasteiger partial charge in [0.1, 0.15) is 5.82 Å². The van der Waals surface area contributed by atoms with E-state index in [1.807, 2.05) is 67.6 Å². The molecule has 12 nitrogen and oxygen atoms in total. The second-order valence-electron chi connectivity index (χ2n) is 12.9. The van der Waals surface area contributed by atoms with Crippen molar-refractivity contribution < 1.29 is 18.8 Å². The van der Waals surface area contributed by atoms with Gasteiger partial charge in [0.25, 0.3) is 5.91 Å². The number of anilines is 4. The predicted molar refractivity (Wildman–Crippen MR) is 197 cm³/mol. The van der Waals surface area contributed by atoms with Crippen molar-refractivity contribution in [2.75, 3.05) is 48.3 Å². The Bertz CT molecular complexity index is 2090. The number of amides is 4. The van der Waals surface area contributed by atoms with E-state index in [0.29, 0.717) is 35.0 Å². The van der Waals surface area contributed by atoms with Crippen LogP contribution in [0.25, 0.3) is 11.3 Å². The van der Waals surface area contributed by atoms with Gasteiger partial charge in [0.2, 0.25) is 11.9 Å². The molecule has 4 heterocycles. The van der Waals surface area contributed by atoms with Crippen molar-refractivity contribution in [3.05, 3.63) is 126 Å². The van der Waals surface area contributed by atoms with Crippen LogP contribution in [-0.4, -0.2) is 75.3 Å². The molecule has 2 saturated heterocycles. The first-order valence-electron chi connectivity index (χ1n) is 17.1.